The topological polar surface area (TPSA) is 15.3 Å². The molecule has 1 heterocycles. The molecule has 0 radical (unpaired) electrons. The number of rotatable bonds is 3. The molecule has 100 valence electrons. The summed E-state index contributed by atoms with van der Waals surface area (Å²) in [6.45, 7) is 6.84. The molecule has 0 aliphatic carbocycles. The molecule has 1 aromatic carbocycles. The van der Waals surface area contributed by atoms with E-state index in [1.54, 1.807) is 0 Å². The van der Waals surface area contributed by atoms with Crippen molar-refractivity contribution >= 4 is 17.3 Å². The van der Waals surface area contributed by atoms with Gasteiger partial charge in [-0.2, -0.15) is 0 Å². The van der Waals surface area contributed by atoms with Crippen LogP contribution in [0.3, 0.4) is 0 Å². The second-order valence-corrected chi connectivity index (χ2v) is 5.97. The number of nitrogens with one attached hydrogen (secondary N) is 1. The monoisotopic (exact) mass is 266 g/mol. The number of piperidine rings is 1. The van der Waals surface area contributed by atoms with Gasteiger partial charge in [-0.15, -0.1) is 0 Å². The van der Waals surface area contributed by atoms with E-state index in [-0.39, 0.29) is 0 Å². The molecule has 3 heteroatoms. The molecule has 1 fully saturated rings. The Kier molecular flexibility index (Phi) is 4.52. The van der Waals surface area contributed by atoms with Gasteiger partial charge in [0.15, 0.2) is 0 Å². The average molecular weight is 267 g/mol. The Morgan fingerprint density at radius 1 is 1.33 bits per heavy atom. The lowest BCUT2D eigenvalue weighted by atomic mass is 9.90. The van der Waals surface area contributed by atoms with E-state index in [2.05, 4.69) is 37.2 Å². The summed E-state index contributed by atoms with van der Waals surface area (Å²) in [4.78, 5) is 2.41. The van der Waals surface area contributed by atoms with E-state index < -0.39 is 0 Å². The number of halogens is 1. The molecule has 1 aromatic rings. The number of anilines is 1. The molecule has 1 aliphatic heterocycles. The van der Waals surface area contributed by atoms with Crippen LogP contribution in [0, 0.1) is 12.8 Å². The van der Waals surface area contributed by atoms with Gasteiger partial charge in [0.1, 0.15) is 0 Å². The zero-order valence-corrected chi connectivity index (χ0v) is 12.3. The fraction of sp³-hybridized carbons (Fsp3) is 0.600. The SMILES string of the molecule is Cc1ccc(Cl)cc1NC(C)C1CCN(C)CC1. The first-order valence-corrected chi connectivity index (χ1v) is 7.15. The van der Waals surface area contributed by atoms with Gasteiger partial charge in [0, 0.05) is 16.8 Å². The van der Waals surface area contributed by atoms with Crippen LogP contribution in [0.2, 0.25) is 5.02 Å². The number of hydrogen-bond donors (Lipinski definition) is 1. The van der Waals surface area contributed by atoms with Gasteiger partial charge in [-0.05, 0) is 70.4 Å². The van der Waals surface area contributed by atoms with Crippen LogP contribution < -0.4 is 5.32 Å². The standard InChI is InChI=1S/C15H23ClN2/c1-11-4-5-14(16)10-15(11)17-12(2)13-6-8-18(3)9-7-13/h4-5,10,12-13,17H,6-9H2,1-3H3. The quantitative estimate of drug-likeness (QED) is 0.896. The van der Waals surface area contributed by atoms with Crippen LogP contribution in [0.4, 0.5) is 5.69 Å². The van der Waals surface area contributed by atoms with E-state index in [4.69, 9.17) is 11.6 Å². The highest BCUT2D eigenvalue weighted by atomic mass is 35.5. The Labute approximate surface area is 115 Å². The van der Waals surface area contributed by atoms with Gasteiger partial charge < -0.3 is 10.2 Å². The Balaban J connectivity index is 1.98. The molecule has 0 bridgehead atoms. The van der Waals surface area contributed by atoms with Crippen LogP contribution in [-0.4, -0.2) is 31.1 Å². The van der Waals surface area contributed by atoms with Gasteiger partial charge >= 0.3 is 0 Å². The van der Waals surface area contributed by atoms with E-state index in [0.717, 1.165) is 10.9 Å². The molecule has 0 saturated carbocycles. The van der Waals surface area contributed by atoms with Crippen molar-refractivity contribution in [1.82, 2.24) is 4.90 Å². The second kappa shape index (κ2) is 5.94. The molecule has 0 spiro atoms. The van der Waals surface area contributed by atoms with E-state index >= 15 is 0 Å². The zero-order chi connectivity index (χ0) is 13.1. The van der Waals surface area contributed by atoms with E-state index in [0.29, 0.717) is 6.04 Å². The third-order valence-electron chi connectivity index (χ3n) is 4.05. The number of likely N-dealkylation sites (tertiary alicyclic amines) is 1. The lowest BCUT2D eigenvalue weighted by molar-refractivity contribution is 0.208. The number of benzene rings is 1. The molecule has 0 aromatic heterocycles. The summed E-state index contributed by atoms with van der Waals surface area (Å²) in [7, 11) is 2.20. The Hall–Kier alpha value is -0.730. The first-order valence-electron chi connectivity index (χ1n) is 6.77. The van der Waals surface area contributed by atoms with Crippen LogP contribution >= 0.6 is 11.6 Å². The van der Waals surface area contributed by atoms with Crippen LogP contribution in [-0.2, 0) is 0 Å². The van der Waals surface area contributed by atoms with Gasteiger partial charge in [-0.3, -0.25) is 0 Å². The molecule has 2 nitrogen and oxygen atoms in total. The molecule has 1 saturated heterocycles. The maximum absolute atomic E-state index is 6.06. The normalized spacial score (nSPS) is 19.8. The van der Waals surface area contributed by atoms with Crippen molar-refractivity contribution in [2.75, 3.05) is 25.5 Å². The minimum atomic E-state index is 0.510. The van der Waals surface area contributed by atoms with E-state index in [1.807, 2.05) is 12.1 Å². The third kappa shape index (κ3) is 3.39. The Bertz CT molecular complexity index is 397. The molecule has 18 heavy (non-hydrogen) atoms. The van der Waals surface area contributed by atoms with Crippen molar-refractivity contribution in [2.24, 2.45) is 5.92 Å². The van der Waals surface area contributed by atoms with Crippen LogP contribution in [0.5, 0.6) is 0 Å². The summed E-state index contributed by atoms with van der Waals surface area (Å²) in [6, 6.07) is 6.56. The largest absolute Gasteiger partial charge is 0.382 e. The summed E-state index contributed by atoms with van der Waals surface area (Å²) < 4.78 is 0. The average Bonchev–Trinajstić information content (AvgIpc) is 2.34. The highest BCUT2D eigenvalue weighted by molar-refractivity contribution is 6.30. The summed E-state index contributed by atoms with van der Waals surface area (Å²) >= 11 is 6.06. The molecular weight excluding hydrogens is 244 g/mol. The third-order valence-corrected chi connectivity index (χ3v) is 4.29. The first-order chi connectivity index (χ1) is 8.56. The summed E-state index contributed by atoms with van der Waals surface area (Å²) in [5, 5.41) is 4.44. The Morgan fingerprint density at radius 3 is 2.67 bits per heavy atom. The van der Waals surface area contributed by atoms with Crippen molar-refractivity contribution in [3.63, 3.8) is 0 Å². The van der Waals surface area contributed by atoms with E-state index in [1.165, 1.54) is 37.2 Å². The second-order valence-electron chi connectivity index (χ2n) is 5.53. The molecule has 1 aliphatic rings. The minimum Gasteiger partial charge on any atom is -0.382 e. The maximum Gasteiger partial charge on any atom is 0.0426 e. The molecule has 0 amide bonds. The molecule has 1 N–H and O–H groups in total. The van der Waals surface area contributed by atoms with Gasteiger partial charge in [-0.1, -0.05) is 17.7 Å². The fourth-order valence-corrected chi connectivity index (χ4v) is 2.81. The van der Waals surface area contributed by atoms with Crippen molar-refractivity contribution in [1.29, 1.82) is 0 Å². The highest BCUT2D eigenvalue weighted by Crippen LogP contribution is 2.25. The fourth-order valence-electron chi connectivity index (χ4n) is 2.64. The predicted molar refractivity (Wildman–Crippen MR) is 79.5 cm³/mol. The lowest BCUT2D eigenvalue weighted by Crippen LogP contribution is -2.37. The molecule has 1 unspecified atom stereocenters. The van der Waals surface area contributed by atoms with Gasteiger partial charge in [0.2, 0.25) is 0 Å². The summed E-state index contributed by atoms with van der Waals surface area (Å²) in [5.74, 6) is 0.764. The predicted octanol–water partition coefficient (Wildman–Crippen LogP) is 3.79. The van der Waals surface area contributed by atoms with Crippen LogP contribution in [0.25, 0.3) is 0 Å². The van der Waals surface area contributed by atoms with Crippen LogP contribution in [0.1, 0.15) is 25.3 Å². The summed E-state index contributed by atoms with van der Waals surface area (Å²) in [6.07, 6.45) is 2.56. The maximum atomic E-state index is 6.06. The minimum absolute atomic E-state index is 0.510. The molecule has 2 rings (SSSR count). The van der Waals surface area contributed by atoms with Gasteiger partial charge in [0.05, 0.1) is 0 Å². The summed E-state index contributed by atoms with van der Waals surface area (Å²) in [5.41, 5.74) is 2.44. The molecule has 1 atom stereocenters. The highest BCUT2D eigenvalue weighted by Gasteiger charge is 2.22. The van der Waals surface area contributed by atoms with Crippen molar-refractivity contribution < 1.29 is 0 Å². The zero-order valence-electron chi connectivity index (χ0n) is 11.5. The molecular formula is C15H23ClN2. The van der Waals surface area contributed by atoms with Crippen molar-refractivity contribution in [3.05, 3.63) is 28.8 Å². The first kappa shape index (κ1) is 13.7. The van der Waals surface area contributed by atoms with Crippen molar-refractivity contribution in [3.8, 4) is 0 Å². The smallest absolute Gasteiger partial charge is 0.0426 e. The number of nitrogens with zero attached hydrogens (tertiary/aromatic N) is 1. The van der Waals surface area contributed by atoms with Crippen molar-refractivity contribution in [2.45, 2.75) is 32.7 Å². The van der Waals surface area contributed by atoms with Gasteiger partial charge in [0.25, 0.3) is 0 Å². The lowest BCUT2D eigenvalue weighted by Gasteiger charge is -2.33. The van der Waals surface area contributed by atoms with Crippen LogP contribution in [0.15, 0.2) is 18.2 Å². The number of hydrogen-bond acceptors (Lipinski definition) is 2. The number of aryl methyl sites for hydroxylation is 1. The van der Waals surface area contributed by atoms with E-state index in [9.17, 15) is 0 Å². The Morgan fingerprint density at radius 2 is 2.00 bits per heavy atom. The van der Waals surface area contributed by atoms with Gasteiger partial charge in [-0.25, -0.2) is 0 Å².